The summed E-state index contributed by atoms with van der Waals surface area (Å²) < 4.78 is 0. The zero-order valence-corrected chi connectivity index (χ0v) is 12.9. The third-order valence-electron chi connectivity index (χ3n) is 2.79. The van der Waals surface area contributed by atoms with Crippen LogP contribution in [0, 0.1) is 11.8 Å². The van der Waals surface area contributed by atoms with Gasteiger partial charge >= 0.3 is 5.97 Å². The van der Waals surface area contributed by atoms with Gasteiger partial charge in [0.2, 0.25) is 0 Å². The SMILES string of the molecule is O=C(O)C#Cc1cccc(C=NNC(=O)c2ccc(O)c(Cl)c2)c1. The van der Waals surface area contributed by atoms with E-state index in [2.05, 4.69) is 16.4 Å². The second kappa shape index (κ2) is 7.81. The molecule has 0 saturated heterocycles. The van der Waals surface area contributed by atoms with Gasteiger partial charge in [-0.3, -0.25) is 4.79 Å². The molecule has 6 nitrogen and oxygen atoms in total. The number of aliphatic carboxylic acids is 1. The number of amides is 1. The van der Waals surface area contributed by atoms with Gasteiger partial charge < -0.3 is 10.2 Å². The first-order valence-electron chi connectivity index (χ1n) is 6.62. The molecule has 0 heterocycles. The molecule has 0 atom stereocenters. The maximum atomic E-state index is 11.9. The smallest absolute Gasteiger partial charge is 0.382 e. The molecule has 2 rings (SSSR count). The molecule has 24 heavy (non-hydrogen) atoms. The van der Waals surface area contributed by atoms with Crippen molar-refractivity contribution in [1.29, 1.82) is 0 Å². The first-order valence-corrected chi connectivity index (χ1v) is 7.00. The van der Waals surface area contributed by atoms with Gasteiger partial charge in [0, 0.05) is 17.0 Å². The quantitative estimate of drug-likeness (QED) is 0.452. The molecule has 0 aliphatic heterocycles. The van der Waals surface area contributed by atoms with Crippen LogP contribution < -0.4 is 5.43 Å². The summed E-state index contributed by atoms with van der Waals surface area (Å²) in [6.45, 7) is 0. The number of halogens is 1. The molecule has 0 aliphatic carbocycles. The topological polar surface area (TPSA) is 99.0 Å². The minimum absolute atomic E-state index is 0.0661. The number of nitrogens with one attached hydrogen (secondary N) is 1. The second-order valence-electron chi connectivity index (χ2n) is 4.55. The lowest BCUT2D eigenvalue weighted by Crippen LogP contribution is -2.17. The highest BCUT2D eigenvalue weighted by atomic mass is 35.5. The molecular formula is C17H11ClN2O4. The van der Waals surface area contributed by atoms with Crippen molar-refractivity contribution >= 4 is 29.7 Å². The maximum Gasteiger partial charge on any atom is 0.382 e. The molecule has 0 aromatic heterocycles. The van der Waals surface area contributed by atoms with E-state index >= 15 is 0 Å². The fourth-order valence-electron chi connectivity index (χ4n) is 1.70. The molecule has 0 spiro atoms. The zero-order valence-electron chi connectivity index (χ0n) is 12.2. The van der Waals surface area contributed by atoms with Crippen LogP contribution in [0.4, 0.5) is 0 Å². The van der Waals surface area contributed by atoms with Gasteiger partial charge in [0.05, 0.1) is 11.2 Å². The van der Waals surface area contributed by atoms with Crippen LogP contribution >= 0.6 is 11.6 Å². The van der Waals surface area contributed by atoms with Crippen LogP contribution in [0.5, 0.6) is 5.75 Å². The van der Waals surface area contributed by atoms with Gasteiger partial charge in [-0.1, -0.05) is 29.7 Å². The number of carbonyl (C=O) groups is 2. The minimum Gasteiger partial charge on any atom is -0.506 e. The van der Waals surface area contributed by atoms with Crippen molar-refractivity contribution in [3.63, 3.8) is 0 Å². The van der Waals surface area contributed by atoms with Crippen LogP contribution in [0.3, 0.4) is 0 Å². The van der Waals surface area contributed by atoms with Gasteiger partial charge in [-0.15, -0.1) is 0 Å². The molecule has 0 aliphatic rings. The molecule has 0 saturated carbocycles. The van der Waals surface area contributed by atoms with Gasteiger partial charge in [0.25, 0.3) is 5.91 Å². The summed E-state index contributed by atoms with van der Waals surface area (Å²) in [5.41, 5.74) is 3.72. The Bertz CT molecular complexity index is 882. The minimum atomic E-state index is -1.21. The highest BCUT2D eigenvalue weighted by Crippen LogP contribution is 2.23. The fraction of sp³-hybridized carbons (Fsp3) is 0. The van der Waals surface area contributed by atoms with E-state index in [-0.39, 0.29) is 16.3 Å². The lowest BCUT2D eigenvalue weighted by Gasteiger charge is -2.02. The number of nitrogens with zero attached hydrogens (tertiary/aromatic N) is 1. The van der Waals surface area contributed by atoms with E-state index in [0.717, 1.165) is 0 Å². The third kappa shape index (κ3) is 4.87. The number of carboxylic acids is 1. The molecule has 0 radical (unpaired) electrons. The van der Waals surface area contributed by atoms with Crippen LogP contribution in [0.1, 0.15) is 21.5 Å². The Hall–Kier alpha value is -3.30. The number of carboxylic acid groups (broad SMARTS) is 1. The summed E-state index contributed by atoms with van der Waals surface area (Å²) >= 11 is 5.73. The first kappa shape index (κ1) is 17.1. The molecule has 120 valence electrons. The molecular weight excluding hydrogens is 332 g/mol. The Balaban J connectivity index is 2.05. The largest absolute Gasteiger partial charge is 0.506 e. The number of hydrogen-bond acceptors (Lipinski definition) is 4. The summed E-state index contributed by atoms with van der Waals surface area (Å²) in [6.07, 6.45) is 1.39. The number of phenolic OH excluding ortho intramolecular Hbond substituents is 1. The fourth-order valence-corrected chi connectivity index (χ4v) is 1.88. The van der Waals surface area contributed by atoms with E-state index in [1.165, 1.54) is 24.4 Å². The number of phenols is 1. The Morgan fingerprint density at radius 3 is 2.71 bits per heavy atom. The Labute approximate surface area is 142 Å². The van der Waals surface area contributed by atoms with Crippen molar-refractivity contribution in [3.8, 4) is 17.6 Å². The van der Waals surface area contributed by atoms with Crippen LogP contribution in [0.25, 0.3) is 0 Å². The summed E-state index contributed by atoms with van der Waals surface area (Å²) in [6, 6.07) is 10.7. The average Bonchev–Trinajstić information content (AvgIpc) is 2.56. The normalized spacial score (nSPS) is 10.0. The lowest BCUT2D eigenvalue weighted by atomic mass is 10.1. The van der Waals surface area contributed by atoms with Crippen molar-refractivity contribution in [3.05, 3.63) is 64.2 Å². The molecule has 1 amide bonds. The van der Waals surface area contributed by atoms with Crippen LogP contribution in [0.2, 0.25) is 5.02 Å². The van der Waals surface area contributed by atoms with Gasteiger partial charge in [-0.05, 0) is 35.9 Å². The van der Waals surface area contributed by atoms with E-state index in [1.807, 2.05) is 5.92 Å². The third-order valence-corrected chi connectivity index (χ3v) is 3.09. The number of benzene rings is 2. The first-order chi connectivity index (χ1) is 11.5. The maximum absolute atomic E-state index is 11.9. The van der Waals surface area contributed by atoms with Crippen molar-refractivity contribution in [2.45, 2.75) is 0 Å². The Morgan fingerprint density at radius 2 is 2.00 bits per heavy atom. The van der Waals surface area contributed by atoms with Crippen LogP contribution in [-0.4, -0.2) is 28.3 Å². The standard InChI is InChI=1S/C17H11ClN2O4/c18-14-9-13(5-6-15(14)21)17(24)20-19-10-12-3-1-2-11(8-12)4-7-16(22)23/h1-3,5-6,8-10,21H,(H,20,24)(H,22,23). The van der Waals surface area contributed by atoms with E-state index < -0.39 is 11.9 Å². The molecule has 0 bridgehead atoms. The van der Waals surface area contributed by atoms with Crippen molar-refractivity contribution < 1.29 is 19.8 Å². The predicted octanol–water partition coefficient (Wildman–Crippen LogP) is 2.25. The van der Waals surface area contributed by atoms with Gasteiger partial charge in [-0.25, -0.2) is 10.2 Å². The van der Waals surface area contributed by atoms with Crippen molar-refractivity contribution in [1.82, 2.24) is 5.43 Å². The average molecular weight is 343 g/mol. The van der Waals surface area contributed by atoms with E-state index in [0.29, 0.717) is 11.1 Å². The molecule has 2 aromatic rings. The summed E-state index contributed by atoms with van der Waals surface area (Å²) in [5, 5.41) is 21.7. The second-order valence-corrected chi connectivity index (χ2v) is 4.95. The summed E-state index contributed by atoms with van der Waals surface area (Å²) in [4.78, 5) is 22.3. The van der Waals surface area contributed by atoms with E-state index in [9.17, 15) is 14.7 Å². The van der Waals surface area contributed by atoms with Gasteiger partial charge in [0.15, 0.2) is 0 Å². The van der Waals surface area contributed by atoms with Crippen LogP contribution in [-0.2, 0) is 4.79 Å². The molecule has 3 N–H and O–H groups in total. The van der Waals surface area contributed by atoms with Crippen molar-refractivity contribution in [2.75, 3.05) is 0 Å². The number of aromatic hydroxyl groups is 1. The summed E-state index contributed by atoms with van der Waals surface area (Å²) in [7, 11) is 0. The number of hydrazone groups is 1. The Kier molecular flexibility index (Phi) is 5.55. The van der Waals surface area contributed by atoms with Gasteiger partial charge in [-0.2, -0.15) is 5.10 Å². The van der Waals surface area contributed by atoms with E-state index in [1.54, 1.807) is 24.3 Å². The summed E-state index contributed by atoms with van der Waals surface area (Å²) in [5.74, 6) is 2.68. The zero-order chi connectivity index (χ0) is 17.5. The number of hydrogen-bond donors (Lipinski definition) is 3. The molecule has 0 fully saturated rings. The highest BCUT2D eigenvalue weighted by molar-refractivity contribution is 6.32. The van der Waals surface area contributed by atoms with Crippen molar-refractivity contribution in [2.24, 2.45) is 5.10 Å². The molecule has 0 unspecified atom stereocenters. The van der Waals surface area contributed by atoms with E-state index in [4.69, 9.17) is 16.7 Å². The predicted molar refractivity (Wildman–Crippen MR) is 89.1 cm³/mol. The Morgan fingerprint density at radius 1 is 1.21 bits per heavy atom. The lowest BCUT2D eigenvalue weighted by molar-refractivity contribution is -0.130. The van der Waals surface area contributed by atoms with Gasteiger partial charge in [0.1, 0.15) is 5.75 Å². The van der Waals surface area contributed by atoms with Crippen LogP contribution in [0.15, 0.2) is 47.6 Å². The number of carbonyl (C=O) groups excluding carboxylic acids is 1. The monoisotopic (exact) mass is 342 g/mol. The number of rotatable bonds is 3. The molecule has 7 heteroatoms. The highest BCUT2D eigenvalue weighted by Gasteiger charge is 2.07. The molecule has 2 aromatic carbocycles.